The fraction of sp³-hybridized carbons (Fsp3) is 0.588. The zero-order valence-electron chi connectivity index (χ0n) is 13.2. The van der Waals surface area contributed by atoms with Crippen molar-refractivity contribution in [2.45, 2.75) is 25.9 Å². The zero-order valence-corrected chi connectivity index (χ0v) is 14.7. The van der Waals surface area contributed by atoms with Crippen LogP contribution in [0.4, 0.5) is 0 Å². The maximum atomic E-state index is 12.6. The molecule has 126 valence electrons. The summed E-state index contributed by atoms with van der Waals surface area (Å²) in [5.41, 5.74) is 0. The molecule has 1 aromatic carbocycles. The maximum Gasteiger partial charge on any atom is 0.225 e. The molecule has 2 atom stereocenters. The molecule has 0 aliphatic carbocycles. The summed E-state index contributed by atoms with van der Waals surface area (Å²) in [4.78, 5) is 14.6. The topological polar surface area (TPSA) is 41.6 Å². The number of piperidine rings is 1. The van der Waals surface area contributed by atoms with Gasteiger partial charge >= 0.3 is 0 Å². The van der Waals surface area contributed by atoms with E-state index in [-0.39, 0.29) is 17.9 Å². The lowest BCUT2D eigenvalue weighted by Gasteiger charge is -2.38. The van der Waals surface area contributed by atoms with Gasteiger partial charge in [0.2, 0.25) is 5.91 Å². The fourth-order valence-electron chi connectivity index (χ4n) is 3.13. The van der Waals surface area contributed by atoms with Gasteiger partial charge in [0, 0.05) is 18.5 Å². The van der Waals surface area contributed by atoms with Gasteiger partial charge in [0.05, 0.1) is 16.6 Å². The Labute approximate surface area is 147 Å². The summed E-state index contributed by atoms with van der Waals surface area (Å²) in [6.07, 6.45) is 1.92. The molecule has 3 rings (SSSR count). The summed E-state index contributed by atoms with van der Waals surface area (Å²) >= 11 is 12.0. The van der Waals surface area contributed by atoms with Crippen LogP contribution in [0.15, 0.2) is 18.2 Å². The number of hydrogen-bond donors (Lipinski definition) is 1. The van der Waals surface area contributed by atoms with Crippen molar-refractivity contribution in [2.24, 2.45) is 11.8 Å². The quantitative estimate of drug-likeness (QED) is 0.900. The second kappa shape index (κ2) is 7.29. The normalized spacial score (nSPS) is 23.3. The number of rotatable bonds is 4. The van der Waals surface area contributed by atoms with E-state index in [1.54, 1.807) is 12.1 Å². The molecule has 1 aromatic rings. The Morgan fingerprint density at radius 2 is 2.13 bits per heavy atom. The van der Waals surface area contributed by atoms with Gasteiger partial charge in [-0.1, -0.05) is 30.1 Å². The number of ether oxygens (including phenoxy) is 1. The Hall–Kier alpha value is -0.970. The molecule has 0 bridgehead atoms. The van der Waals surface area contributed by atoms with Gasteiger partial charge in [-0.2, -0.15) is 0 Å². The van der Waals surface area contributed by atoms with E-state index in [1.165, 1.54) is 0 Å². The highest BCUT2D eigenvalue weighted by Crippen LogP contribution is 2.28. The van der Waals surface area contributed by atoms with Gasteiger partial charge in [0.15, 0.2) is 0 Å². The van der Waals surface area contributed by atoms with E-state index in [9.17, 15) is 4.79 Å². The van der Waals surface area contributed by atoms with Crippen molar-refractivity contribution < 1.29 is 9.53 Å². The summed E-state index contributed by atoms with van der Waals surface area (Å²) in [5.74, 6) is 1.51. The van der Waals surface area contributed by atoms with Gasteiger partial charge in [0.25, 0.3) is 0 Å². The molecule has 1 N–H and O–H groups in total. The van der Waals surface area contributed by atoms with Crippen LogP contribution in [0, 0.1) is 11.8 Å². The Kier molecular flexibility index (Phi) is 5.34. The third-order valence-electron chi connectivity index (χ3n) is 4.79. The molecule has 1 amide bonds. The number of amides is 1. The van der Waals surface area contributed by atoms with Gasteiger partial charge in [-0.05, 0) is 44.0 Å². The monoisotopic (exact) mass is 356 g/mol. The highest BCUT2D eigenvalue weighted by atomic mass is 35.5. The fourth-order valence-corrected chi connectivity index (χ4v) is 3.42. The molecule has 23 heavy (non-hydrogen) atoms. The standard InChI is InChI=1S/C17H22Cl2N2O2/c1-11(12-8-20-9-12)17(22)21-6-2-3-14(10-21)23-13-4-5-15(18)16(19)7-13/h4-5,7,11-12,14,20H,2-3,6,8-10H2,1H3. The van der Waals surface area contributed by atoms with E-state index in [1.807, 2.05) is 17.9 Å². The number of nitrogens with one attached hydrogen (secondary N) is 1. The number of hydrogen-bond acceptors (Lipinski definition) is 3. The minimum absolute atomic E-state index is 0.0108. The first-order chi connectivity index (χ1) is 11.0. The van der Waals surface area contributed by atoms with Crippen LogP contribution in [-0.2, 0) is 4.79 Å². The van der Waals surface area contributed by atoms with Gasteiger partial charge in [-0.3, -0.25) is 4.79 Å². The first kappa shape index (κ1) is 16.9. The van der Waals surface area contributed by atoms with Crippen molar-refractivity contribution in [3.63, 3.8) is 0 Å². The Balaban J connectivity index is 1.59. The van der Waals surface area contributed by atoms with Crippen molar-refractivity contribution >= 4 is 29.1 Å². The molecule has 0 saturated carbocycles. The van der Waals surface area contributed by atoms with Gasteiger partial charge in [-0.25, -0.2) is 0 Å². The van der Waals surface area contributed by atoms with Gasteiger partial charge in [-0.15, -0.1) is 0 Å². The number of nitrogens with zero attached hydrogens (tertiary/aromatic N) is 1. The lowest BCUT2D eigenvalue weighted by Crippen LogP contribution is -2.53. The number of benzene rings is 1. The first-order valence-electron chi connectivity index (χ1n) is 8.16. The Morgan fingerprint density at radius 1 is 1.35 bits per heavy atom. The summed E-state index contributed by atoms with van der Waals surface area (Å²) in [6.45, 7) is 5.40. The Bertz CT molecular complexity index is 578. The van der Waals surface area contributed by atoms with Crippen molar-refractivity contribution in [1.82, 2.24) is 10.2 Å². The van der Waals surface area contributed by atoms with Gasteiger partial charge < -0.3 is 15.0 Å². The molecule has 2 heterocycles. The lowest BCUT2D eigenvalue weighted by molar-refractivity contribution is -0.140. The van der Waals surface area contributed by atoms with E-state index >= 15 is 0 Å². The molecule has 0 radical (unpaired) electrons. The van der Waals surface area contributed by atoms with E-state index in [4.69, 9.17) is 27.9 Å². The summed E-state index contributed by atoms with van der Waals surface area (Å²) in [6, 6.07) is 5.28. The van der Waals surface area contributed by atoms with E-state index in [0.29, 0.717) is 28.3 Å². The molecule has 2 aliphatic rings. The molecule has 0 spiro atoms. The second-order valence-corrected chi connectivity index (χ2v) is 7.26. The number of carbonyl (C=O) groups excluding carboxylic acids is 1. The van der Waals surface area contributed by atoms with Crippen LogP contribution in [0.2, 0.25) is 10.0 Å². The Morgan fingerprint density at radius 3 is 2.78 bits per heavy atom. The number of likely N-dealkylation sites (tertiary alicyclic amines) is 1. The van der Waals surface area contributed by atoms with E-state index in [2.05, 4.69) is 5.32 Å². The van der Waals surface area contributed by atoms with Crippen LogP contribution in [0.25, 0.3) is 0 Å². The third kappa shape index (κ3) is 3.93. The molecule has 2 fully saturated rings. The van der Waals surface area contributed by atoms with Crippen molar-refractivity contribution in [1.29, 1.82) is 0 Å². The highest BCUT2D eigenvalue weighted by Gasteiger charge is 2.34. The summed E-state index contributed by atoms with van der Waals surface area (Å²) in [5, 5.41) is 4.23. The first-order valence-corrected chi connectivity index (χ1v) is 8.91. The van der Waals surface area contributed by atoms with Crippen LogP contribution >= 0.6 is 23.2 Å². The summed E-state index contributed by atoms with van der Waals surface area (Å²) in [7, 11) is 0. The molecule has 0 aromatic heterocycles. The molecule has 2 saturated heterocycles. The van der Waals surface area contributed by atoms with Crippen LogP contribution in [-0.4, -0.2) is 43.1 Å². The van der Waals surface area contributed by atoms with E-state index < -0.39 is 0 Å². The average Bonchev–Trinajstić information content (AvgIpc) is 2.49. The zero-order chi connectivity index (χ0) is 16.4. The number of halogens is 2. The van der Waals surface area contributed by atoms with Crippen LogP contribution in [0.3, 0.4) is 0 Å². The molecular formula is C17H22Cl2N2O2. The van der Waals surface area contributed by atoms with Crippen molar-refractivity contribution in [3.8, 4) is 5.75 Å². The smallest absolute Gasteiger partial charge is 0.225 e. The molecular weight excluding hydrogens is 335 g/mol. The average molecular weight is 357 g/mol. The van der Waals surface area contributed by atoms with Crippen LogP contribution in [0.5, 0.6) is 5.75 Å². The minimum atomic E-state index is 0.0108. The van der Waals surface area contributed by atoms with E-state index in [0.717, 1.165) is 32.5 Å². The SMILES string of the molecule is CC(C(=O)N1CCCC(Oc2ccc(Cl)c(Cl)c2)C1)C1CNC1. The maximum absolute atomic E-state index is 12.6. The van der Waals surface area contributed by atoms with Crippen LogP contribution < -0.4 is 10.1 Å². The van der Waals surface area contributed by atoms with Crippen molar-refractivity contribution in [2.75, 3.05) is 26.2 Å². The molecule has 2 unspecified atom stereocenters. The highest BCUT2D eigenvalue weighted by molar-refractivity contribution is 6.42. The molecule has 4 nitrogen and oxygen atoms in total. The third-order valence-corrected chi connectivity index (χ3v) is 5.53. The molecule has 2 aliphatic heterocycles. The number of carbonyl (C=O) groups is 1. The largest absolute Gasteiger partial charge is 0.489 e. The minimum Gasteiger partial charge on any atom is -0.489 e. The lowest BCUT2D eigenvalue weighted by atomic mass is 9.87. The second-order valence-electron chi connectivity index (χ2n) is 6.45. The predicted octanol–water partition coefficient (Wildman–Crippen LogP) is 3.22. The molecule has 6 heteroatoms. The van der Waals surface area contributed by atoms with Gasteiger partial charge in [0.1, 0.15) is 11.9 Å². The predicted molar refractivity (Wildman–Crippen MR) is 92.2 cm³/mol. The summed E-state index contributed by atoms with van der Waals surface area (Å²) < 4.78 is 6.00. The van der Waals surface area contributed by atoms with Crippen molar-refractivity contribution in [3.05, 3.63) is 28.2 Å². The van der Waals surface area contributed by atoms with Crippen LogP contribution in [0.1, 0.15) is 19.8 Å².